The van der Waals surface area contributed by atoms with Crippen molar-refractivity contribution in [2.24, 2.45) is 5.90 Å². The summed E-state index contributed by atoms with van der Waals surface area (Å²) in [5, 5.41) is 9.37. The van der Waals surface area contributed by atoms with Crippen molar-refractivity contribution in [2.75, 3.05) is 13.7 Å². The number of ether oxygens (including phenoxy) is 1. The molecular weight excluding hydrogens is 695 g/mol. The van der Waals surface area contributed by atoms with Crippen LogP contribution in [-0.4, -0.2) is 29.6 Å². The van der Waals surface area contributed by atoms with E-state index in [4.69, 9.17) is 10.6 Å². The summed E-state index contributed by atoms with van der Waals surface area (Å²) in [5.41, 5.74) is -2.17. The Morgan fingerprint density at radius 3 is 1.90 bits per heavy atom. The summed E-state index contributed by atoms with van der Waals surface area (Å²) < 4.78 is 130. The number of hydrogen-bond acceptors (Lipinski definition) is 5. The number of nitrogens with zero attached hydrogens (tertiary/aromatic N) is 1. The molecular formula is C36H31F9N2O4. The van der Waals surface area contributed by atoms with Crippen LogP contribution in [0.25, 0.3) is 22.3 Å². The van der Waals surface area contributed by atoms with E-state index in [0.717, 1.165) is 12.1 Å². The van der Waals surface area contributed by atoms with E-state index in [0.29, 0.717) is 34.4 Å². The molecule has 0 saturated carbocycles. The fourth-order valence-corrected chi connectivity index (χ4v) is 5.47. The van der Waals surface area contributed by atoms with Crippen LogP contribution in [0.4, 0.5) is 39.5 Å². The van der Waals surface area contributed by atoms with Crippen molar-refractivity contribution in [3.8, 4) is 28.0 Å². The lowest BCUT2D eigenvalue weighted by Gasteiger charge is -2.25. The average molecular weight is 727 g/mol. The van der Waals surface area contributed by atoms with Crippen molar-refractivity contribution >= 4 is 5.97 Å². The molecule has 51 heavy (non-hydrogen) atoms. The maximum Gasteiger partial charge on any atom is 0.416 e. The van der Waals surface area contributed by atoms with Crippen molar-refractivity contribution in [3.05, 3.63) is 124 Å². The summed E-state index contributed by atoms with van der Waals surface area (Å²) in [6.45, 7) is 1.96. The highest BCUT2D eigenvalue weighted by atomic mass is 19.4. The minimum Gasteiger partial charge on any atom is -0.496 e. The van der Waals surface area contributed by atoms with Crippen LogP contribution in [0.5, 0.6) is 5.75 Å². The van der Waals surface area contributed by atoms with Gasteiger partial charge in [-0.2, -0.15) is 45.4 Å². The highest BCUT2D eigenvalue weighted by molar-refractivity contribution is 5.89. The highest BCUT2D eigenvalue weighted by Gasteiger charge is 2.37. The lowest BCUT2D eigenvalue weighted by molar-refractivity contribution is -0.143. The Balaban J connectivity index is 1.90. The number of methoxy groups -OCH3 is 1. The predicted octanol–water partition coefficient (Wildman–Crippen LogP) is 9.89. The molecule has 4 rings (SSSR count). The molecule has 0 spiro atoms. The fourth-order valence-electron chi connectivity index (χ4n) is 5.47. The van der Waals surface area contributed by atoms with Gasteiger partial charge in [-0.3, -0.25) is 4.90 Å². The number of carboxylic acids is 1. The monoisotopic (exact) mass is 726 g/mol. The minimum absolute atomic E-state index is 0.0126. The van der Waals surface area contributed by atoms with Crippen molar-refractivity contribution in [1.82, 2.24) is 4.90 Å². The zero-order valence-electron chi connectivity index (χ0n) is 27.2. The first-order valence-electron chi connectivity index (χ1n) is 15.0. The van der Waals surface area contributed by atoms with Crippen LogP contribution < -0.4 is 10.6 Å². The normalized spacial score (nSPS) is 12.7. The van der Waals surface area contributed by atoms with Crippen LogP contribution in [0.1, 0.15) is 50.7 Å². The molecule has 0 atom stereocenters. The molecule has 0 aromatic heterocycles. The molecule has 0 amide bonds. The topological polar surface area (TPSA) is 85.0 Å². The number of hydrogen-bond donors (Lipinski definition) is 2. The molecule has 0 bridgehead atoms. The molecule has 0 aliphatic rings. The second-order valence-corrected chi connectivity index (χ2v) is 11.6. The summed E-state index contributed by atoms with van der Waals surface area (Å²) in [7, 11) is 1.34. The van der Waals surface area contributed by atoms with E-state index in [1.807, 2.05) is 0 Å². The van der Waals surface area contributed by atoms with Crippen molar-refractivity contribution < 1.29 is 59.0 Å². The Kier molecular flexibility index (Phi) is 11.5. The van der Waals surface area contributed by atoms with Gasteiger partial charge < -0.3 is 14.7 Å². The lowest BCUT2D eigenvalue weighted by atomic mass is 9.91. The Labute approximate surface area is 286 Å². The second-order valence-electron chi connectivity index (χ2n) is 11.6. The molecule has 0 unspecified atom stereocenters. The zero-order valence-corrected chi connectivity index (χ0v) is 27.2. The van der Waals surface area contributed by atoms with Crippen LogP contribution in [0.15, 0.2) is 84.6 Å². The number of rotatable bonds is 11. The first-order valence-corrected chi connectivity index (χ1v) is 15.0. The van der Waals surface area contributed by atoms with Crippen molar-refractivity contribution in [1.29, 1.82) is 0 Å². The van der Waals surface area contributed by atoms with E-state index < -0.39 is 59.8 Å². The molecule has 0 heterocycles. The quantitative estimate of drug-likeness (QED) is 0.0910. The predicted molar refractivity (Wildman–Crippen MR) is 170 cm³/mol. The van der Waals surface area contributed by atoms with E-state index in [9.17, 15) is 49.4 Å². The van der Waals surface area contributed by atoms with Gasteiger partial charge in [0.25, 0.3) is 0 Å². The number of aromatic carboxylic acids is 1. The van der Waals surface area contributed by atoms with E-state index >= 15 is 0 Å². The highest BCUT2D eigenvalue weighted by Crippen LogP contribution is 2.41. The molecule has 0 fully saturated rings. The van der Waals surface area contributed by atoms with Crippen molar-refractivity contribution in [3.63, 3.8) is 0 Å². The maximum absolute atomic E-state index is 14.0. The first kappa shape index (κ1) is 38.8. The lowest BCUT2D eigenvalue weighted by Crippen LogP contribution is -2.25. The molecule has 0 radical (unpaired) electrons. The SMILES string of the molecule is COc1ccc(-c2ccc(C(=O)O)cc2C)cc1-c1ccc(C(F)(F)F)cc1CN(C/C=C(/C)ON)Cc1cc(C(F)(F)F)cc(C(F)(F)F)c1. The maximum atomic E-state index is 14.0. The Morgan fingerprint density at radius 1 is 0.765 bits per heavy atom. The molecule has 3 N–H and O–H groups in total. The first-order chi connectivity index (χ1) is 23.7. The van der Waals surface area contributed by atoms with Crippen LogP contribution >= 0.6 is 0 Å². The van der Waals surface area contributed by atoms with Gasteiger partial charge in [0.2, 0.25) is 0 Å². The Bertz CT molecular complexity index is 1900. The van der Waals surface area contributed by atoms with Gasteiger partial charge in [0.05, 0.1) is 29.4 Å². The second kappa shape index (κ2) is 15.1. The smallest absolute Gasteiger partial charge is 0.416 e. The Morgan fingerprint density at radius 2 is 1.37 bits per heavy atom. The third kappa shape index (κ3) is 9.61. The van der Waals surface area contributed by atoms with Gasteiger partial charge in [-0.25, -0.2) is 4.79 Å². The largest absolute Gasteiger partial charge is 0.496 e. The third-order valence-corrected chi connectivity index (χ3v) is 7.98. The fraction of sp³-hybridized carbons (Fsp3) is 0.250. The van der Waals surface area contributed by atoms with Gasteiger partial charge in [0.15, 0.2) is 0 Å². The number of carboxylic acid groups (broad SMARTS) is 1. The minimum atomic E-state index is -5.12. The molecule has 15 heteroatoms. The van der Waals surface area contributed by atoms with Gasteiger partial charge in [0.1, 0.15) is 11.5 Å². The number of benzene rings is 4. The number of halogens is 9. The van der Waals surface area contributed by atoms with Crippen LogP contribution in [0.2, 0.25) is 0 Å². The number of alkyl halides is 9. The van der Waals surface area contributed by atoms with E-state index in [1.165, 1.54) is 43.2 Å². The summed E-state index contributed by atoms with van der Waals surface area (Å²) >= 11 is 0. The molecule has 0 saturated heterocycles. The molecule has 0 aliphatic heterocycles. The standard InChI is InChI=1S/C36H31F9N2O4/c1-20-12-24(33(48)49)4-7-29(20)23-5-9-32(50-3)31(16-23)30-8-6-26(34(37,38)39)15-25(30)19-47(11-10-21(2)51-46)18-22-13-27(35(40,41)42)17-28(14-22)36(43,44)45/h4-10,12-17H,11,18-19,46H2,1-3H3,(H,48,49)/b21-10-. The summed E-state index contributed by atoms with van der Waals surface area (Å²) in [6, 6.07) is 13.3. The van der Waals surface area contributed by atoms with Gasteiger partial charge in [-0.1, -0.05) is 18.2 Å². The average Bonchev–Trinajstić information content (AvgIpc) is 3.05. The van der Waals surface area contributed by atoms with Crippen LogP contribution in [-0.2, 0) is 36.5 Å². The number of carbonyl (C=O) groups is 1. The molecule has 4 aromatic rings. The summed E-state index contributed by atoms with van der Waals surface area (Å²) in [5.74, 6) is 4.42. The number of aryl methyl sites for hydroxylation is 1. The van der Waals surface area contributed by atoms with E-state index in [2.05, 4.69) is 4.84 Å². The van der Waals surface area contributed by atoms with Gasteiger partial charge in [-0.05, 0) is 108 Å². The van der Waals surface area contributed by atoms with E-state index in [1.54, 1.807) is 31.2 Å². The molecule has 6 nitrogen and oxygen atoms in total. The Hall–Kier alpha value is -5.02. The van der Waals surface area contributed by atoms with Crippen LogP contribution in [0, 0.1) is 6.92 Å². The summed E-state index contributed by atoms with van der Waals surface area (Å²) in [4.78, 5) is 17.4. The molecule has 4 aromatic carbocycles. The van der Waals surface area contributed by atoms with Crippen molar-refractivity contribution in [2.45, 2.75) is 45.5 Å². The van der Waals surface area contributed by atoms with E-state index in [-0.39, 0.29) is 40.8 Å². The van der Waals surface area contributed by atoms with Gasteiger partial charge in [-0.15, -0.1) is 0 Å². The number of nitrogens with two attached hydrogens (primary N) is 1. The summed E-state index contributed by atoms with van der Waals surface area (Å²) in [6.07, 6.45) is -13.7. The molecule has 272 valence electrons. The van der Waals surface area contributed by atoms with Gasteiger partial charge in [0, 0.05) is 25.2 Å². The van der Waals surface area contributed by atoms with Crippen LogP contribution in [0.3, 0.4) is 0 Å². The van der Waals surface area contributed by atoms with Gasteiger partial charge >= 0.3 is 24.5 Å². The molecule has 0 aliphatic carbocycles. The third-order valence-electron chi connectivity index (χ3n) is 7.98. The number of allylic oxidation sites excluding steroid dienone is 1. The zero-order chi connectivity index (χ0) is 37.9.